The van der Waals surface area contributed by atoms with E-state index in [4.69, 9.17) is 9.72 Å². The maximum absolute atomic E-state index is 14.0. The van der Waals surface area contributed by atoms with Crippen LogP contribution in [0.15, 0.2) is 54.7 Å². The van der Waals surface area contributed by atoms with Crippen molar-refractivity contribution >= 4 is 5.69 Å². The number of rotatable bonds is 7. The average Bonchev–Trinajstić information content (AvgIpc) is 3.50. The molecule has 0 aliphatic carbocycles. The summed E-state index contributed by atoms with van der Waals surface area (Å²) >= 11 is 0. The van der Waals surface area contributed by atoms with E-state index in [1.165, 1.54) is 24.1 Å². The lowest BCUT2D eigenvalue weighted by Crippen LogP contribution is -2.58. The van der Waals surface area contributed by atoms with Crippen molar-refractivity contribution in [2.24, 2.45) is 5.92 Å². The SMILES string of the molecule is CCOc1ncccc1-c1ccc2c(n1)CN(C[C@H]1CCCN1)C[C@@]21CCN(c2ccccc2C(F)(F)F)C[C@@H]1CC. The van der Waals surface area contributed by atoms with Gasteiger partial charge < -0.3 is 15.0 Å². The minimum atomic E-state index is -4.39. The minimum absolute atomic E-state index is 0.177. The molecule has 2 saturated heterocycles. The van der Waals surface area contributed by atoms with Crippen molar-refractivity contribution in [3.05, 3.63) is 71.5 Å². The molecule has 42 heavy (non-hydrogen) atoms. The fourth-order valence-electron chi connectivity index (χ4n) is 7.53. The second-order valence-corrected chi connectivity index (χ2v) is 11.9. The number of ether oxygens (including phenoxy) is 1. The van der Waals surface area contributed by atoms with Gasteiger partial charge in [-0.25, -0.2) is 4.98 Å². The summed E-state index contributed by atoms with van der Waals surface area (Å²) in [6, 6.07) is 14.7. The van der Waals surface area contributed by atoms with Crippen LogP contribution in [0, 0.1) is 5.92 Å². The summed E-state index contributed by atoms with van der Waals surface area (Å²) in [5, 5.41) is 3.65. The molecule has 3 atom stereocenters. The molecule has 6 rings (SSSR count). The van der Waals surface area contributed by atoms with E-state index >= 15 is 0 Å². The van der Waals surface area contributed by atoms with E-state index in [9.17, 15) is 13.2 Å². The van der Waals surface area contributed by atoms with Crippen LogP contribution in [-0.2, 0) is 18.1 Å². The van der Waals surface area contributed by atoms with Gasteiger partial charge in [0.15, 0.2) is 0 Å². The molecule has 1 N–H and O–H groups in total. The number of alkyl halides is 3. The topological polar surface area (TPSA) is 53.5 Å². The molecule has 0 radical (unpaired) electrons. The minimum Gasteiger partial charge on any atom is -0.477 e. The summed E-state index contributed by atoms with van der Waals surface area (Å²) in [6.07, 6.45) is 1.35. The van der Waals surface area contributed by atoms with Gasteiger partial charge in [0.05, 0.1) is 29.1 Å². The first-order valence-electron chi connectivity index (χ1n) is 15.3. The first-order chi connectivity index (χ1) is 20.3. The summed E-state index contributed by atoms with van der Waals surface area (Å²) in [7, 11) is 0. The van der Waals surface area contributed by atoms with Gasteiger partial charge in [0.1, 0.15) is 0 Å². The van der Waals surface area contributed by atoms with E-state index in [2.05, 4.69) is 34.3 Å². The van der Waals surface area contributed by atoms with Crippen LogP contribution < -0.4 is 15.0 Å². The Morgan fingerprint density at radius 1 is 1.10 bits per heavy atom. The highest BCUT2D eigenvalue weighted by atomic mass is 19.4. The van der Waals surface area contributed by atoms with E-state index in [0.29, 0.717) is 31.6 Å². The number of hydrogen-bond acceptors (Lipinski definition) is 6. The highest BCUT2D eigenvalue weighted by molar-refractivity contribution is 5.66. The molecule has 3 aliphatic heterocycles. The molecule has 0 amide bonds. The Morgan fingerprint density at radius 3 is 2.71 bits per heavy atom. The molecule has 3 aromatic rings. The van der Waals surface area contributed by atoms with E-state index in [0.717, 1.165) is 62.4 Å². The van der Waals surface area contributed by atoms with Crippen molar-refractivity contribution < 1.29 is 17.9 Å². The van der Waals surface area contributed by atoms with Gasteiger partial charge in [-0.1, -0.05) is 31.5 Å². The van der Waals surface area contributed by atoms with Gasteiger partial charge in [-0.05, 0) is 74.5 Å². The van der Waals surface area contributed by atoms with Gasteiger partial charge in [-0.3, -0.25) is 9.88 Å². The van der Waals surface area contributed by atoms with Crippen molar-refractivity contribution in [2.75, 3.05) is 44.2 Å². The number of anilines is 1. The standard InChI is InChI=1S/C33H40F3N5O/c1-3-23-19-41(30-12-6-5-11-27(30)33(34,35)36)18-15-32(23)22-40(20-24-9-7-16-37-24)21-29-26(32)13-14-28(39-29)25-10-8-17-38-31(25)42-4-2/h5-6,8,10-14,17,23-24,37H,3-4,7,9,15-16,18-22H2,1-2H3/t23-,24+,32+/m0/s1. The van der Waals surface area contributed by atoms with Gasteiger partial charge in [0.25, 0.3) is 0 Å². The first kappa shape index (κ1) is 28.9. The Labute approximate surface area is 246 Å². The Kier molecular flexibility index (Phi) is 8.16. The fourth-order valence-corrected chi connectivity index (χ4v) is 7.53. The van der Waals surface area contributed by atoms with E-state index < -0.39 is 11.7 Å². The predicted octanol–water partition coefficient (Wildman–Crippen LogP) is 6.30. The fraction of sp³-hybridized carbons (Fsp3) is 0.515. The van der Waals surface area contributed by atoms with Crippen molar-refractivity contribution in [3.63, 3.8) is 0 Å². The van der Waals surface area contributed by atoms with Crippen LogP contribution in [-0.4, -0.2) is 60.2 Å². The van der Waals surface area contributed by atoms with Gasteiger partial charge in [0.2, 0.25) is 5.88 Å². The van der Waals surface area contributed by atoms with E-state index in [1.54, 1.807) is 18.3 Å². The summed E-state index contributed by atoms with van der Waals surface area (Å²) < 4.78 is 47.7. The molecular formula is C33H40F3N5O. The molecule has 5 heterocycles. The molecule has 1 aromatic carbocycles. The van der Waals surface area contributed by atoms with Crippen LogP contribution in [0.25, 0.3) is 11.3 Å². The zero-order chi connectivity index (χ0) is 29.3. The molecule has 0 unspecified atom stereocenters. The number of hydrogen-bond donors (Lipinski definition) is 1. The van der Waals surface area contributed by atoms with Crippen LogP contribution in [0.1, 0.15) is 56.4 Å². The molecule has 3 aliphatic rings. The first-order valence-corrected chi connectivity index (χ1v) is 15.3. The normalized spacial score (nSPS) is 24.6. The number of nitrogens with one attached hydrogen (secondary N) is 1. The quantitative estimate of drug-likeness (QED) is 0.355. The number of benzene rings is 1. The second kappa shape index (κ2) is 11.8. The summed E-state index contributed by atoms with van der Waals surface area (Å²) in [6.45, 7) is 9.43. The lowest BCUT2D eigenvalue weighted by atomic mass is 9.62. The third-order valence-corrected chi connectivity index (χ3v) is 9.45. The van der Waals surface area contributed by atoms with Crippen LogP contribution in [0.5, 0.6) is 5.88 Å². The molecule has 9 heteroatoms. The smallest absolute Gasteiger partial charge is 0.418 e. The number of piperidine rings is 1. The largest absolute Gasteiger partial charge is 0.477 e. The summed E-state index contributed by atoms with van der Waals surface area (Å²) in [4.78, 5) is 14.2. The van der Waals surface area contributed by atoms with Crippen molar-refractivity contribution in [1.82, 2.24) is 20.2 Å². The third kappa shape index (κ3) is 5.49. The lowest BCUT2D eigenvalue weighted by molar-refractivity contribution is -0.137. The van der Waals surface area contributed by atoms with Crippen LogP contribution in [0.2, 0.25) is 0 Å². The Balaban J connectivity index is 1.38. The van der Waals surface area contributed by atoms with Crippen molar-refractivity contribution in [1.29, 1.82) is 0 Å². The Hall–Kier alpha value is -3.17. The van der Waals surface area contributed by atoms with E-state index in [-0.39, 0.29) is 17.0 Å². The molecule has 0 saturated carbocycles. The second-order valence-electron chi connectivity index (χ2n) is 11.9. The predicted molar refractivity (Wildman–Crippen MR) is 159 cm³/mol. The maximum Gasteiger partial charge on any atom is 0.418 e. The molecule has 1 spiro atoms. The zero-order valence-electron chi connectivity index (χ0n) is 24.5. The third-order valence-electron chi connectivity index (χ3n) is 9.45. The van der Waals surface area contributed by atoms with Crippen LogP contribution in [0.4, 0.5) is 18.9 Å². The number of aromatic nitrogens is 2. The zero-order valence-corrected chi connectivity index (χ0v) is 24.5. The van der Waals surface area contributed by atoms with Gasteiger partial charge in [-0.2, -0.15) is 13.2 Å². The molecule has 0 bridgehead atoms. The number of fused-ring (bicyclic) bond motifs is 2. The van der Waals surface area contributed by atoms with Crippen molar-refractivity contribution in [2.45, 2.75) is 63.7 Å². The molecule has 2 aromatic heterocycles. The molecule has 2 fully saturated rings. The molecule has 6 nitrogen and oxygen atoms in total. The number of para-hydroxylation sites is 1. The van der Waals surface area contributed by atoms with E-state index in [1.807, 2.05) is 24.0 Å². The monoisotopic (exact) mass is 579 g/mol. The maximum atomic E-state index is 14.0. The summed E-state index contributed by atoms with van der Waals surface area (Å²) in [5.41, 5.74) is 3.57. The average molecular weight is 580 g/mol. The van der Waals surface area contributed by atoms with Crippen LogP contribution >= 0.6 is 0 Å². The van der Waals surface area contributed by atoms with Gasteiger partial charge in [-0.15, -0.1) is 0 Å². The van der Waals surface area contributed by atoms with Crippen molar-refractivity contribution in [3.8, 4) is 17.1 Å². The number of halogens is 3. The van der Waals surface area contributed by atoms with Gasteiger partial charge >= 0.3 is 6.18 Å². The molecular weight excluding hydrogens is 539 g/mol. The summed E-state index contributed by atoms with van der Waals surface area (Å²) in [5.74, 6) is 0.753. The highest BCUT2D eigenvalue weighted by Gasteiger charge is 2.49. The Morgan fingerprint density at radius 2 is 1.95 bits per heavy atom. The van der Waals surface area contributed by atoms with Crippen LogP contribution in [0.3, 0.4) is 0 Å². The Bertz CT molecular complexity index is 1390. The lowest BCUT2D eigenvalue weighted by Gasteiger charge is -2.54. The highest BCUT2D eigenvalue weighted by Crippen LogP contribution is 2.48. The van der Waals surface area contributed by atoms with Gasteiger partial charge in [0, 0.05) is 56.1 Å². The number of nitrogens with zero attached hydrogens (tertiary/aromatic N) is 4. The number of pyridine rings is 2. The molecule has 224 valence electrons.